The lowest BCUT2D eigenvalue weighted by Gasteiger charge is -2.26. The van der Waals surface area contributed by atoms with Gasteiger partial charge in [-0.3, -0.25) is 19.3 Å². The average Bonchev–Trinajstić information content (AvgIpc) is 3.30. The Morgan fingerprint density at radius 3 is 2.80 bits per heavy atom. The number of likely N-dealkylation sites (tertiary alicyclic amines) is 1. The van der Waals surface area contributed by atoms with Gasteiger partial charge in [-0.05, 0) is 18.6 Å². The minimum absolute atomic E-state index is 0.249. The van der Waals surface area contributed by atoms with Gasteiger partial charge in [0.1, 0.15) is 17.2 Å². The molecule has 1 aromatic heterocycles. The number of hydrogen-bond donors (Lipinski definition) is 0. The molecule has 0 bridgehead atoms. The van der Waals surface area contributed by atoms with E-state index in [2.05, 4.69) is 0 Å². The fraction of sp³-hybridized carbons (Fsp3) is 0.500. The summed E-state index contributed by atoms with van der Waals surface area (Å²) in [5, 5.41) is -0.402. The summed E-state index contributed by atoms with van der Waals surface area (Å²) in [4.78, 5) is 50.4. The average molecular weight is 366 g/mol. The Bertz CT molecular complexity index is 689. The zero-order valence-electron chi connectivity index (χ0n) is 13.7. The Labute approximate surface area is 148 Å². The summed E-state index contributed by atoms with van der Waals surface area (Å²) in [5.74, 6) is -0.791. The Hall–Kier alpha value is -2.29. The summed E-state index contributed by atoms with van der Waals surface area (Å²) < 4.78 is 10.4. The van der Waals surface area contributed by atoms with Gasteiger partial charge in [-0.1, -0.05) is 0 Å². The lowest BCUT2D eigenvalue weighted by Crippen LogP contribution is -2.44. The first kappa shape index (κ1) is 17.5. The van der Waals surface area contributed by atoms with Gasteiger partial charge < -0.3 is 14.1 Å². The molecule has 2 aliphatic heterocycles. The number of imide groups is 1. The van der Waals surface area contributed by atoms with Crippen LogP contribution in [0.25, 0.3) is 0 Å². The number of carbonyl (C=O) groups excluding carboxylic acids is 4. The molecular formula is C16H18N2O6S. The fourth-order valence-corrected chi connectivity index (χ4v) is 4.36. The number of carbonyl (C=O) groups is 4. The summed E-state index contributed by atoms with van der Waals surface area (Å²) in [6, 6.07) is 2.66. The lowest BCUT2D eigenvalue weighted by atomic mass is 10.2. The maximum Gasteiger partial charge on any atom is 0.330 e. The minimum Gasteiger partial charge on any atom is -0.466 e. The third-order valence-corrected chi connectivity index (χ3v) is 5.42. The molecule has 0 N–H and O–H groups in total. The van der Waals surface area contributed by atoms with Crippen LogP contribution in [0.3, 0.4) is 0 Å². The van der Waals surface area contributed by atoms with Crippen LogP contribution in [0.5, 0.6) is 0 Å². The maximum atomic E-state index is 12.4. The molecule has 0 saturated carbocycles. The highest BCUT2D eigenvalue weighted by Crippen LogP contribution is 2.41. The van der Waals surface area contributed by atoms with E-state index in [0.717, 1.165) is 4.90 Å². The highest BCUT2D eigenvalue weighted by Gasteiger charge is 2.43. The second kappa shape index (κ2) is 7.30. The zero-order valence-corrected chi connectivity index (χ0v) is 14.5. The van der Waals surface area contributed by atoms with Gasteiger partial charge in [-0.25, -0.2) is 4.79 Å². The number of esters is 1. The predicted molar refractivity (Wildman–Crippen MR) is 87.1 cm³/mol. The van der Waals surface area contributed by atoms with Gasteiger partial charge in [-0.2, -0.15) is 0 Å². The molecule has 2 saturated heterocycles. The van der Waals surface area contributed by atoms with Crippen LogP contribution in [-0.4, -0.2) is 58.4 Å². The standard InChI is InChI=1S/C16H18N2O6S/c1-10(19)18-11(9-25-15(18)12-4-3-7-23-12)16(22)24-8-14(21)17-6-2-5-13(17)20/h3-4,7,11,15H,2,5-6,8-9H2,1H3/t11-,15-/m0/s1. The molecule has 8 nitrogen and oxygen atoms in total. The van der Waals surface area contributed by atoms with Gasteiger partial charge >= 0.3 is 5.97 Å². The van der Waals surface area contributed by atoms with Crippen molar-refractivity contribution in [3.8, 4) is 0 Å². The molecular weight excluding hydrogens is 348 g/mol. The van der Waals surface area contributed by atoms with Gasteiger partial charge in [0.2, 0.25) is 11.8 Å². The monoisotopic (exact) mass is 366 g/mol. The van der Waals surface area contributed by atoms with Crippen LogP contribution in [0.2, 0.25) is 0 Å². The van der Waals surface area contributed by atoms with Crippen molar-refractivity contribution in [3.05, 3.63) is 24.2 Å². The third-order valence-electron chi connectivity index (χ3n) is 4.14. The SMILES string of the molecule is CC(=O)N1[C@H](C(=O)OCC(=O)N2CCCC2=O)CS[C@H]1c1ccco1. The topological polar surface area (TPSA) is 97.1 Å². The molecule has 0 unspecified atom stereocenters. The molecule has 25 heavy (non-hydrogen) atoms. The zero-order chi connectivity index (χ0) is 18.0. The Kier molecular flexibility index (Phi) is 5.12. The molecule has 3 rings (SSSR count). The van der Waals surface area contributed by atoms with E-state index in [1.807, 2.05) is 0 Å². The third kappa shape index (κ3) is 3.55. The summed E-state index contributed by atoms with van der Waals surface area (Å²) in [6.07, 6.45) is 2.47. The second-order valence-electron chi connectivity index (χ2n) is 5.79. The molecule has 2 atom stereocenters. The molecule has 0 aliphatic carbocycles. The van der Waals surface area contributed by atoms with Crippen LogP contribution in [0, 0.1) is 0 Å². The van der Waals surface area contributed by atoms with E-state index in [9.17, 15) is 19.2 Å². The van der Waals surface area contributed by atoms with Gasteiger partial charge in [0.05, 0.1) is 6.26 Å². The van der Waals surface area contributed by atoms with Crippen molar-refractivity contribution < 1.29 is 28.3 Å². The van der Waals surface area contributed by atoms with Gasteiger partial charge in [0, 0.05) is 25.6 Å². The van der Waals surface area contributed by atoms with Crippen molar-refractivity contribution >= 4 is 35.5 Å². The molecule has 2 fully saturated rings. The summed E-state index contributed by atoms with van der Waals surface area (Å²) in [5.41, 5.74) is 0. The molecule has 1 aromatic rings. The normalized spacial score (nSPS) is 23.2. The molecule has 0 aromatic carbocycles. The lowest BCUT2D eigenvalue weighted by molar-refractivity contribution is -0.159. The van der Waals surface area contributed by atoms with E-state index in [1.54, 1.807) is 12.1 Å². The minimum atomic E-state index is -0.792. The van der Waals surface area contributed by atoms with Gasteiger partial charge in [0.25, 0.3) is 5.91 Å². The van der Waals surface area contributed by atoms with Gasteiger partial charge in [0.15, 0.2) is 6.61 Å². The summed E-state index contributed by atoms with van der Waals surface area (Å²) in [6.45, 7) is 1.23. The highest BCUT2D eigenvalue weighted by atomic mass is 32.2. The van der Waals surface area contributed by atoms with Crippen molar-refractivity contribution in [1.29, 1.82) is 0 Å². The number of thioether (sulfide) groups is 1. The van der Waals surface area contributed by atoms with Crippen molar-refractivity contribution in [3.63, 3.8) is 0 Å². The molecule has 0 spiro atoms. The fourth-order valence-electron chi connectivity index (χ4n) is 2.94. The summed E-state index contributed by atoms with van der Waals surface area (Å²) >= 11 is 1.39. The van der Waals surface area contributed by atoms with E-state index in [4.69, 9.17) is 9.15 Å². The first-order valence-corrected chi connectivity index (χ1v) is 8.97. The Morgan fingerprint density at radius 1 is 1.40 bits per heavy atom. The van der Waals surface area contributed by atoms with E-state index in [1.165, 1.54) is 29.8 Å². The first-order valence-electron chi connectivity index (χ1n) is 7.92. The van der Waals surface area contributed by atoms with Crippen molar-refractivity contribution in [2.24, 2.45) is 0 Å². The number of hydrogen-bond acceptors (Lipinski definition) is 7. The molecule has 0 radical (unpaired) electrons. The van der Waals surface area contributed by atoms with Crippen molar-refractivity contribution in [2.45, 2.75) is 31.2 Å². The van der Waals surface area contributed by atoms with E-state index in [0.29, 0.717) is 30.9 Å². The van der Waals surface area contributed by atoms with Crippen LogP contribution < -0.4 is 0 Å². The number of amides is 3. The quantitative estimate of drug-likeness (QED) is 0.731. The molecule has 9 heteroatoms. The molecule has 3 heterocycles. The van der Waals surface area contributed by atoms with E-state index < -0.39 is 29.9 Å². The van der Waals surface area contributed by atoms with Crippen LogP contribution in [-0.2, 0) is 23.9 Å². The van der Waals surface area contributed by atoms with Gasteiger partial charge in [-0.15, -0.1) is 11.8 Å². The predicted octanol–water partition coefficient (Wildman–Crippen LogP) is 0.934. The smallest absolute Gasteiger partial charge is 0.330 e. The van der Waals surface area contributed by atoms with E-state index >= 15 is 0 Å². The molecule has 134 valence electrons. The van der Waals surface area contributed by atoms with Crippen molar-refractivity contribution in [1.82, 2.24) is 9.80 Å². The Morgan fingerprint density at radius 2 is 2.20 bits per heavy atom. The largest absolute Gasteiger partial charge is 0.466 e. The van der Waals surface area contributed by atoms with Crippen LogP contribution in [0.1, 0.15) is 30.9 Å². The summed E-state index contributed by atoms with van der Waals surface area (Å²) in [7, 11) is 0. The van der Waals surface area contributed by atoms with Crippen molar-refractivity contribution in [2.75, 3.05) is 18.9 Å². The number of nitrogens with zero attached hydrogens (tertiary/aromatic N) is 2. The number of rotatable bonds is 4. The first-order chi connectivity index (χ1) is 12.0. The molecule has 3 amide bonds. The maximum absolute atomic E-state index is 12.4. The molecule has 2 aliphatic rings. The van der Waals surface area contributed by atoms with Crippen LogP contribution >= 0.6 is 11.8 Å². The number of furan rings is 1. The second-order valence-corrected chi connectivity index (χ2v) is 6.91. The number of ether oxygens (including phenoxy) is 1. The Balaban J connectivity index is 1.62. The van der Waals surface area contributed by atoms with Crippen LogP contribution in [0.15, 0.2) is 22.8 Å². The van der Waals surface area contributed by atoms with E-state index in [-0.39, 0.29) is 11.8 Å². The van der Waals surface area contributed by atoms with Crippen LogP contribution in [0.4, 0.5) is 0 Å². The highest BCUT2D eigenvalue weighted by molar-refractivity contribution is 7.99.